The first-order chi connectivity index (χ1) is 12.0. The first-order valence-corrected chi connectivity index (χ1v) is 9.06. The van der Waals surface area contributed by atoms with Crippen LogP contribution in [0.3, 0.4) is 0 Å². The summed E-state index contributed by atoms with van der Waals surface area (Å²) in [5.41, 5.74) is 9.41. The van der Waals surface area contributed by atoms with Crippen molar-refractivity contribution in [2.45, 2.75) is 43.9 Å². The van der Waals surface area contributed by atoms with Crippen molar-refractivity contribution in [2.24, 2.45) is 5.73 Å². The van der Waals surface area contributed by atoms with E-state index in [1.54, 1.807) is 0 Å². The van der Waals surface area contributed by atoms with Crippen molar-refractivity contribution < 1.29 is 13.5 Å². The van der Waals surface area contributed by atoms with Crippen LogP contribution in [-0.2, 0) is 4.74 Å². The lowest BCUT2D eigenvalue weighted by atomic mass is 9.93. The highest BCUT2D eigenvalue weighted by Gasteiger charge is 2.38. The highest BCUT2D eigenvalue weighted by atomic mass is 19.1. The van der Waals surface area contributed by atoms with Gasteiger partial charge in [0.1, 0.15) is 17.7 Å². The van der Waals surface area contributed by atoms with Gasteiger partial charge in [-0.25, -0.2) is 8.78 Å². The molecule has 0 aliphatic carbocycles. The summed E-state index contributed by atoms with van der Waals surface area (Å²) in [5.74, 6) is -0.922. The van der Waals surface area contributed by atoms with Crippen LogP contribution in [0.1, 0.15) is 37.4 Å². The molecule has 0 saturated carbocycles. The molecule has 1 aromatic rings. The maximum atomic E-state index is 14.1. The van der Waals surface area contributed by atoms with Gasteiger partial charge in [-0.15, -0.1) is 0 Å². The number of benzene rings is 1. The Labute approximate surface area is 147 Å². The fourth-order valence-electron chi connectivity index (χ4n) is 4.51. The molecule has 0 radical (unpaired) electrons. The van der Waals surface area contributed by atoms with Crippen LogP contribution >= 0.6 is 0 Å². The molecular formula is C19H25F2N3O. The molecule has 3 aliphatic rings. The zero-order valence-corrected chi connectivity index (χ0v) is 14.5. The largest absolute Gasteiger partial charge is 0.376 e. The van der Waals surface area contributed by atoms with Crippen molar-refractivity contribution in [1.29, 1.82) is 0 Å². The lowest BCUT2D eigenvalue weighted by molar-refractivity contribution is -0.0435. The Morgan fingerprint density at radius 2 is 2.00 bits per heavy atom. The molecule has 0 spiro atoms. The number of nitrogens with zero attached hydrogens (tertiary/aromatic N) is 2. The molecule has 3 heterocycles. The van der Waals surface area contributed by atoms with Gasteiger partial charge in [-0.2, -0.15) is 0 Å². The summed E-state index contributed by atoms with van der Waals surface area (Å²) in [6, 6.07) is 3.32. The molecule has 0 amide bonds. The molecule has 1 fully saturated rings. The van der Waals surface area contributed by atoms with Gasteiger partial charge < -0.3 is 20.3 Å². The van der Waals surface area contributed by atoms with E-state index in [4.69, 9.17) is 10.5 Å². The minimum absolute atomic E-state index is 0.210. The smallest absolute Gasteiger partial charge is 0.129 e. The SMILES string of the molecule is CN1CCCC2=C1CCN2C1COC(c2cc(F)ccc2F)C(N)C1. The van der Waals surface area contributed by atoms with Gasteiger partial charge in [-0.3, -0.25) is 0 Å². The minimum atomic E-state index is -0.586. The highest BCUT2D eigenvalue weighted by molar-refractivity contribution is 5.25. The standard InChI is InChI=1S/C19H25F2N3O/c1-23-7-2-3-18-17(23)6-8-24(18)13-10-16(22)19(25-11-13)14-9-12(20)4-5-15(14)21/h4-5,9,13,16,19H,2-3,6-8,10-11,22H2,1H3. The monoisotopic (exact) mass is 349 g/mol. The molecule has 2 N–H and O–H groups in total. The van der Waals surface area contributed by atoms with E-state index in [0.717, 1.165) is 44.5 Å². The number of hydrogen-bond acceptors (Lipinski definition) is 4. The molecule has 4 rings (SSSR count). The molecular weight excluding hydrogens is 324 g/mol. The number of rotatable bonds is 2. The molecule has 136 valence electrons. The van der Waals surface area contributed by atoms with Crippen LogP contribution in [-0.4, -0.2) is 48.6 Å². The van der Waals surface area contributed by atoms with E-state index in [0.29, 0.717) is 6.61 Å². The van der Waals surface area contributed by atoms with Gasteiger partial charge >= 0.3 is 0 Å². The van der Waals surface area contributed by atoms with Crippen LogP contribution in [0.2, 0.25) is 0 Å². The van der Waals surface area contributed by atoms with E-state index in [1.165, 1.54) is 23.9 Å². The van der Waals surface area contributed by atoms with Gasteiger partial charge in [-0.1, -0.05) is 0 Å². The second kappa shape index (κ2) is 6.57. The Kier molecular flexibility index (Phi) is 4.41. The number of halogens is 2. The van der Waals surface area contributed by atoms with E-state index in [2.05, 4.69) is 16.8 Å². The first kappa shape index (κ1) is 16.8. The molecule has 3 unspecified atom stereocenters. The fraction of sp³-hybridized carbons (Fsp3) is 0.579. The van der Waals surface area contributed by atoms with E-state index >= 15 is 0 Å². The van der Waals surface area contributed by atoms with Crippen LogP contribution < -0.4 is 5.73 Å². The maximum absolute atomic E-state index is 14.1. The number of nitrogens with two attached hydrogens (primary N) is 1. The van der Waals surface area contributed by atoms with Gasteiger partial charge in [0.25, 0.3) is 0 Å². The average Bonchev–Trinajstić information content (AvgIpc) is 3.03. The molecule has 3 aliphatic heterocycles. The average molecular weight is 349 g/mol. The normalized spacial score (nSPS) is 30.0. The van der Waals surface area contributed by atoms with E-state index in [-0.39, 0.29) is 17.6 Å². The number of allylic oxidation sites excluding steroid dienone is 1. The van der Waals surface area contributed by atoms with Gasteiger partial charge in [-0.05, 0) is 37.5 Å². The second-order valence-corrected chi connectivity index (χ2v) is 7.34. The first-order valence-electron chi connectivity index (χ1n) is 9.06. The van der Waals surface area contributed by atoms with E-state index in [1.807, 2.05) is 0 Å². The van der Waals surface area contributed by atoms with Crippen LogP contribution in [0.4, 0.5) is 8.78 Å². The Morgan fingerprint density at radius 1 is 1.16 bits per heavy atom. The lowest BCUT2D eigenvalue weighted by Crippen LogP contribution is -2.48. The van der Waals surface area contributed by atoms with Crippen molar-refractivity contribution in [1.82, 2.24) is 9.80 Å². The molecule has 1 saturated heterocycles. The summed E-state index contributed by atoms with van der Waals surface area (Å²) in [4.78, 5) is 4.79. The zero-order chi connectivity index (χ0) is 17.6. The highest BCUT2D eigenvalue weighted by Crippen LogP contribution is 2.38. The second-order valence-electron chi connectivity index (χ2n) is 7.34. The fourth-order valence-corrected chi connectivity index (χ4v) is 4.51. The summed E-state index contributed by atoms with van der Waals surface area (Å²) in [5, 5.41) is 0. The summed E-state index contributed by atoms with van der Waals surface area (Å²) in [6.07, 6.45) is 3.48. The molecule has 4 nitrogen and oxygen atoms in total. The molecule has 1 aromatic carbocycles. The number of ether oxygens (including phenoxy) is 1. The Morgan fingerprint density at radius 3 is 2.80 bits per heavy atom. The molecule has 25 heavy (non-hydrogen) atoms. The van der Waals surface area contributed by atoms with Gasteiger partial charge in [0.2, 0.25) is 0 Å². The minimum Gasteiger partial charge on any atom is -0.376 e. The third kappa shape index (κ3) is 3.02. The predicted octanol–water partition coefficient (Wildman–Crippen LogP) is 2.77. The third-order valence-corrected chi connectivity index (χ3v) is 5.74. The van der Waals surface area contributed by atoms with Crippen molar-refractivity contribution in [3.05, 3.63) is 46.8 Å². The van der Waals surface area contributed by atoms with Gasteiger partial charge in [0.05, 0.1) is 12.6 Å². The quantitative estimate of drug-likeness (QED) is 0.892. The molecule has 6 heteroatoms. The Hall–Kier alpha value is -1.66. The zero-order valence-electron chi connectivity index (χ0n) is 14.5. The van der Waals surface area contributed by atoms with Crippen molar-refractivity contribution in [2.75, 3.05) is 26.7 Å². The third-order valence-electron chi connectivity index (χ3n) is 5.74. The van der Waals surface area contributed by atoms with Gasteiger partial charge in [0, 0.05) is 49.6 Å². The molecule has 0 aromatic heterocycles. The van der Waals surface area contributed by atoms with Crippen LogP contribution in [0.5, 0.6) is 0 Å². The van der Waals surface area contributed by atoms with Crippen LogP contribution in [0.25, 0.3) is 0 Å². The predicted molar refractivity (Wildman–Crippen MR) is 91.6 cm³/mol. The van der Waals surface area contributed by atoms with Gasteiger partial charge in [0.15, 0.2) is 0 Å². The van der Waals surface area contributed by atoms with Crippen molar-refractivity contribution in [3.8, 4) is 0 Å². The Bertz CT molecular complexity index is 693. The summed E-state index contributed by atoms with van der Waals surface area (Å²) >= 11 is 0. The summed E-state index contributed by atoms with van der Waals surface area (Å²) in [7, 11) is 2.16. The number of hydrogen-bond donors (Lipinski definition) is 1. The van der Waals surface area contributed by atoms with E-state index in [9.17, 15) is 8.78 Å². The maximum Gasteiger partial charge on any atom is 0.129 e. The Balaban J connectivity index is 1.50. The topological polar surface area (TPSA) is 41.7 Å². The van der Waals surface area contributed by atoms with Crippen molar-refractivity contribution >= 4 is 0 Å². The van der Waals surface area contributed by atoms with E-state index < -0.39 is 17.7 Å². The summed E-state index contributed by atoms with van der Waals surface area (Å²) in [6.45, 7) is 2.61. The lowest BCUT2D eigenvalue weighted by Gasteiger charge is -2.41. The molecule has 3 atom stereocenters. The van der Waals surface area contributed by atoms with Crippen molar-refractivity contribution in [3.63, 3.8) is 0 Å². The molecule has 0 bridgehead atoms. The van der Waals surface area contributed by atoms with Crippen LogP contribution in [0.15, 0.2) is 29.6 Å². The summed E-state index contributed by atoms with van der Waals surface area (Å²) < 4.78 is 33.5. The van der Waals surface area contributed by atoms with Crippen LogP contribution in [0, 0.1) is 11.6 Å².